The summed E-state index contributed by atoms with van der Waals surface area (Å²) < 4.78 is 7.43. The molecule has 8 atom stereocenters. The number of para-hydroxylation sites is 1. The van der Waals surface area contributed by atoms with Crippen molar-refractivity contribution in [1.29, 1.82) is 0 Å². The second kappa shape index (κ2) is 8.21. The van der Waals surface area contributed by atoms with Crippen LogP contribution in [0.4, 0.5) is 0 Å². The van der Waals surface area contributed by atoms with E-state index in [1.165, 1.54) is 16.9 Å². The van der Waals surface area contributed by atoms with Gasteiger partial charge in [0.25, 0.3) is 0 Å². The Morgan fingerprint density at radius 2 is 1.92 bits per heavy atom. The Bertz CT molecular complexity index is 1380. The number of benzene rings is 1. The van der Waals surface area contributed by atoms with Crippen LogP contribution in [0, 0.1) is 34.5 Å². The fraction of sp³-hybridized carbons (Fsp3) is 0.500. The van der Waals surface area contributed by atoms with Gasteiger partial charge in [0.05, 0.1) is 23.9 Å². The van der Waals surface area contributed by atoms with E-state index in [9.17, 15) is 24.9 Å². The van der Waals surface area contributed by atoms with Crippen LogP contribution in [0.15, 0.2) is 65.9 Å². The Morgan fingerprint density at radius 1 is 1.21 bits per heavy atom. The third kappa shape index (κ3) is 3.05. The molecule has 1 spiro atoms. The van der Waals surface area contributed by atoms with Gasteiger partial charge in [-0.05, 0) is 65.9 Å². The van der Waals surface area contributed by atoms with Gasteiger partial charge < -0.3 is 20.1 Å². The number of aliphatic hydroxyl groups excluding tert-OH is 2. The molecule has 3 N–H and O–H groups in total. The molecule has 6 rings (SSSR count). The Balaban J connectivity index is 1.44. The van der Waals surface area contributed by atoms with Crippen molar-refractivity contribution in [2.75, 3.05) is 6.61 Å². The van der Waals surface area contributed by atoms with Crippen LogP contribution < -0.4 is 0 Å². The highest BCUT2D eigenvalue weighted by molar-refractivity contribution is 5.96. The number of aromatic nitrogens is 2. The van der Waals surface area contributed by atoms with Crippen molar-refractivity contribution >= 4 is 11.8 Å². The van der Waals surface area contributed by atoms with E-state index < -0.39 is 41.7 Å². The lowest BCUT2D eigenvalue weighted by atomic mass is 9.59. The van der Waals surface area contributed by atoms with Gasteiger partial charge in [0, 0.05) is 5.92 Å². The van der Waals surface area contributed by atoms with Crippen LogP contribution in [0.25, 0.3) is 5.69 Å². The number of nitrogens with zero attached hydrogens (tertiary/aromatic N) is 2. The average molecular weight is 519 g/mol. The molecule has 8 heteroatoms. The summed E-state index contributed by atoms with van der Waals surface area (Å²) in [6.45, 7) is 7.43. The minimum atomic E-state index is -2.18. The van der Waals surface area contributed by atoms with Gasteiger partial charge in [0.15, 0.2) is 23.2 Å². The minimum Gasteiger partial charge on any atom is -0.450 e. The van der Waals surface area contributed by atoms with Gasteiger partial charge in [-0.15, -0.1) is 0 Å². The van der Waals surface area contributed by atoms with Gasteiger partial charge in [-0.1, -0.05) is 51.1 Å². The van der Waals surface area contributed by atoms with Gasteiger partial charge in [0.1, 0.15) is 6.10 Å². The first kappa shape index (κ1) is 25.2. The molecule has 0 amide bonds. The number of Topliss-reactive ketones (excluding diaryl/α,β-unsaturated/α-hetero) is 1. The molecule has 1 aromatic heterocycles. The number of aliphatic hydroxyl groups is 3. The second-order valence-corrected chi connectivity index (χ2v) is 12.1. The largest absolute Gasteiger partial charge is 0.450 e. The number of fused-ring (bicyclic) bond motifs is 3. The lowest BCUT2D eigenvalue weighted by molar-refractivity contribution is -0.190. The molecule has 200 valence electrons. The van der Waals surface area contributed by atoms with Crippen LogP contribution in [-0.2, 0) is 9.53 Å². The smallest absolute Gasteiger partial charge is 0.357 e. The molecule has 2 bridgehead atoms. The number of ether oxygens (including phenoxy) is 1. The SMILES string of the molecule is CC1=C[C@]23C(=O)[C@@H](C=C(CO)[C@@H](O)[C@]2(O)[C@H]1OC(=O)c1ccnn1-c1ccccc1)[C@H]1[C@@H](C[C@H]3C)C1(C)C. The standard InChI is InChI=1S/C30H34N2O6/c1-16-14-29-17(2)12-21-23(28(21,3)4)20(25(29)35)13-18(15-33)24(34)30(29,37)26(16)38-27(36)22-10-11-31-32(22)19-8-6-5-7-9-19/h5-11,13-14,17,20-21,23-24,26,33-34,37H,12,15H2,1-4H3/t17-,20+,21-,23+,24-,26+,29+,30+/m1/s1. The minimum absolute atomic E-state index is 0.0558. The Hall–Kier alpha value is -3.07. The zero-order chi connectivity index (χ0) is 27.2. The highest BCUT2D eigenvalue weighted by atomic mass is 16.6. The van der Waals surface area contributed by atoms with Gasteiger partial charge in [0.2, 0.25) is 0 Å². The van der Waals surface area contributed by atoms with E-state index in [-0.39, 0.29) is 40.2 Å². The quantitative estimate of drug-likeness (QED) is 0.420. The number of rotatable bonds is 4. The highest BCUT2D eigenvalue weighted by Gasteiger charge is 2.76. The van der Waals surface area contributed by atoms with Crippen molar-refractivity contribution in [3.05, 3.63) is 71.6 Å². The number of esters is 1. The predicted molar refractivity (Wildman–Crippen MR) is 138 cm³/mol. The van der Waals surface area contributed by atoms with Crippen LogP contribution in [0.5, 0.6) is 0 Å². The maximum absolute atomic E-state index is 14.4. The average Bonchev–Trinajstić information content (AvgIpc) is 3.20. The van der Waals surface area contributed by atoms with Gasteiger partial charge in [-0.2, -0.15) is 5.10 Å². The molecule has 1 heterocycles. The number of hydrogen-bond donors (Lipinski definition) is 3. The maximum atomic E-state index is 14.4. The van der Waals surface area contributed by atoms with E-state index in [0.717, 1.165) is 0 Å². The number of allylic oxidation sites excluding steroid dienone is 1. The van der Waals surface area contributed by atoms with Crippen LogP contribution in [0.1, 0.15) is 44.6 Å². The number of ketones is 1. The van der Waals surface area contributed by atoms with Gasteiger partial charge in [-0.25, -0.2) is 9.48 Å². The molecule has 2 saturated carbocycles. The molecule has 0 unspecified atom stereocenters. The van der Waals surface area contributed by atoms with Crippen molar-refractivity contribution in [1.82, 2.24) is 9.78 Å². The molecular formula is C30H34N2O6. The first-order chi connectivity index (χ1) is 18.0. The van der Waals surface area contributed by atoms with Crippen LogP contribution in [-0.4, -0.2) is 61.3 Å². The fourth-order valence-corrected chi connectivity index (χ4v) is 7.99. The normalized spacial score (nSPS) is 38.8. The summed E-state index contributed by atoms with van der Waals surface area (Å²) in [4.78, 5) is 28.0. The van der Waals surface area contributed by atoms with Gasteiger partial charge >= 0.3 is 5.97 Å². The van der Waals surface area contributed by atoms with Gasteiger partial charge in [-0.3, -0.25) is 4.79 Å². The van der Waals surface area contributed by atoms with E-state index in [1.807, 2.05) is 25.1 Å². The van der Waals surface area contributed by atoms with Crippen molar-refractivity contribution < 1.29 is 29.6 Å². The van der Waals surface area contributed by atoms with E-state index >= 15 is 0 Å². The summed E-state index contributed by atoms with van der Waals surface area (Å²) in [6.07, 6.45) is 2.68. The molecule has 4 aliphatic carbocycles. The van der Waals surface area contributed by atoms with Crippen LogP contribution in [0.3, 0.4) is 0 Å². The Labute approximate surface area is 221 Å². The number of hydrogen-bond acceptors (Lipinski definition) is 7. The predicted octanol–water partition coefficient (Wildman–Crippen LogP) is 2.87. The molecule has 0 radical (unpaired) electrons. The van der Waals surface area contributed by atoms with Crippen molar-refractivity contribution in [3.63, 3.8) is 0 Å². The monoisotopic (exact) mass is 518 g/mol. The van der Waals surface area contributed by atoms with Crippen molar-refractivity contribution in [2.45, 2.75) is 51.9 Å². The van der Waals surface area contributed by atoms with Crippen LogP contribution >= 0.6 is 0 Å². The zero-order valence-corrected chi connectivity index (χ0v) is 22.0. The van der Waals surface area contributed by atoms with Crippen molar-refractivity contribution in [3.8, 4) is 5.69 Å². The first-order valence-electron chi connectivity index (χ1n) is 13.3. The molecule has 1 aromatic carbocycles. The molecule has 2 fully saturated rings. The van der Waals surface area contributed by atoms with E-state index in [0.29, 0.717) is 17.7 Å². The number of carbonyl (C=O) groups is 2. The first-order valence-corrected chi connectivity index (χ1v) is 13.3. The lowest BCUT2D eigenvalue weighted by Crippen LogP contribution is -2.65. The highest BCUT2D eigenvalue weighted by Crippen LogP contribution is 2.71. The fourth-order valence-electron chi connectivity index (χ4n) is 7.99. The molecule has 0 saturated heterocycles. The Kier molecular flexibility index (Phi) is 5.45. The topological polar surface area (TPSA) is 122 Å². The molecule has 0 aliphatic heterocycles. The molecule has 2 aromatic rings. The summed E-state index contributed by atoms with van der Waals surface area (Å²) >= 11 is 0. The molecule has 38 heavy (non-hydrogen) atoms. The summed E-state index contributed by atoms with van der Waals surface area (Å²) in [6, 6.07) is 10.6. The van der Waals surface area contributed by atoms with E-state index in [4.69, 9.17) is 4.74 Å². The molecule has 4 aliphatic rings. The molecular weight excluding hydrogens is 484 g/mol. The van der Waals surface area contributed by atoms with E-state index in [2.05, 4.69) is 18.9 Å². The zero-order valence-electron chi connectivity index (χ0n) is 22.0. The van der Waals surface area contributed by atoms with Crippen LogP contribution in [0.2, 0.25) is 0 Å². The Morgan fingerprint density at radius 3 is 2.61 bits per heavy atom. The summed E-state index contributed by atoms with van der Waals surface area (Å²) in [5.74, 6) is -1.46. The molecule has 8 nitrogen and oxygen atoms in total. The maximum Gasteiger partial charge on any atom is 0.357 e. The number of carbonyl (C=O) groups excluding carboxylic acids is 2. The lowest BCUT2D eigenvalue weighted by Gasteiger charge is -2.48. The second-order valence-electron chi connectivity index (χ2n) is 12.1. The third-order valence-corrected chi connectivity index (χ3v) is 9.97. The third-order valence-electron chi connectivity index (χ3n) is 9.97. The summed E-state index contributed by atoms with van der Waals surface area (Å²) in [7, 11) is 0. The summed E-state index contributed by atoms with van der Waals surface area (Å²) in [5, 5.41) is 38.7. The summed E-state index contributed by atoms with van der Waals surface area (Å²) in [5.41, 5.74) is -2.21. The van der Waals surface area contributed by atoms with Crippen molar-refractivity contribution in [2.24, 2.45) is 34.5 Å². The van der Waals surface area contributed by atoms with E-state index in [1.54, 1.807) is 31.2 Å².